The minimum absolute atomic E-state index is 0.217. The topological polar surface area (TPSA) is 78.5 Å². The Morgan fingerprint density at radius 3 is 2.83 bits per heavy atom. The monoisotopic (exact) mass is 331 g/mol. The van der Waals surface area contributed by atoms with Crippen LogP contribution in [0.15, 0.2) is 18.2 Å². The van der Waals surface area contributed by atoms with Gasteiger partial charge in [0, 0.05) is 18.5 Å². The Kier molecular flexibility index (Phi) is 6.63. The van der Waals surface area contributed by atoms with Crippen LogP contribution in [0.1, 0.15) is 40.7 Å². The smallest absolute Gasteiger partial charge is 0.243 e. The van der Waals surface area contributed by atoms with Gasteiger partial charge < -0.3 is 5.32 Å². The number of carbonyl (C=O) groups excluding carboxylic acids is 3. The van der Waals surface area contributed by atoms with Crippen molar-refractivity contribution in [2.75, 3.05) is 20.6 Å². The number of amides is 2. The van der Waals surface area contributed by atoms with Gasteiger partial charge in [-0.15, -0.1) is 0 Å². The van der Waals surface area contributed by atoms with E-state index >= 15 is 0 Å². The zero-order valence-electron chi connectivity index (χ0n) is 14.3. The van der Waals surface area contributed by atoms with Crippen molar-refractivity contribution < 1.29 is 14.4 Å². The van der Waals surface area contributed by atoms with Gasteiger partial charge in [-0.05, 0) is 51.0 Å². The molecule has 130 valence electrons. The van der Waals surface area contributed by atoms with Crippen LogP contribution in [-0.2, 0) is 22.6 Å². The second-order valence-electron chi connectivity index (χ2n) is 6.19. The van der Waals surface area contributed by atoms with Crippen LogP contribution in [0.25, 0.3) is 0 Å². The number of carbonyl (C=O) groups is 3. The molecular formula is C18H25N3O3. The maximum Gasteiger partial charge on any atom is 0.243 e. The average Bonchev–Trinajstić information content (AvgIpc) is 2.56. The van der Waals surface area contributed by atoms with Crippen molar-refractivity contribution in [3.8, 4) is 0 Å². The molecule has 0 aliphatic carbocycles. The number of rotatable bonds is 8. The van der Waals surface area contributed by atoms with E-state index < -0.39 is 0 Å². The number of benzene rings is 1. The van der Waals surface area contributed by atoms with Gasteiger partial charge in [-0.25, -0.2) is 0 Å². The van der Waals surface area contributed by atoms with E-state index in [4.69, 9.17) is 0 Å². The lowest BCUT2D eigenvalue weighted by molar-refractivity contribution is -0.137. The zero-order chi connectivity index (χ0) is 17.5. The molecule has 2 rings (SSSR count). The maximum absolute atomic E-state index is 12.0. The van der Waals surface area contributed by atoms with Crippen molar-refractivity contribution in [3.05, 3.63) is 34.9 Å². The predicted molar refractivity (Wildman–Crippen MR) is 91.7 cm³/mol. The van der Waals surface area contributed by atoms with Crippen LogP contribution < -0.4 is 10.6 Å². The molecule has 1 unspecified atom stereocenters. The van der Waals surface area contributed by atoms with Gasteiger partial charge in [0.25, 0.3) is 0 Å². The number of hydrogen-bond donors (Lipinski definition) is 2. The van der Waals surface area contributed by atoms with E-state index in [0.717, 1.165) is 36.8 Å². The van der Waals surface area contributed by atoms with Gasteiger partial charge in [-0.2, -0.15) is 0 Å². The Morgan fingerprint density at radius 1 is 1.38 bits per heavy atom. The molecule has 0 aromatic heterocycles. The molecule has 1 heterocycles. The number of aryl methyl sites for hydroxylation is 1. The lowest BCUT2D eigenvalue weighted by Crippen LogP contribution is -2.51. The molecule has 1 atom stereocenters. The van der Waals surface area contributed by atoms with Crippen LogP contribution >= 0.6 is 0 Å². The first-order valence-corrected chi connectivity index (χ1v) is 8.31. The summed E-state index contributed by atoms with van der Waals surface area (Å²) in [6.07, 6.45) is 3.59. The van der Waals surface area contributed by atoms with Crippen molar-refractivity contribution in [2.24, 2.45) is 0 Å². The fraction of sp³-hybridized carbons (Fsp3) is 0.500. The number of aldehydes is 1. The molecule has 1 saturated heterocycles. The van der Waals surface area contributed by atoms with Gasteiger partial charge in [-0.1, -0.05) is 18.2 Å². The van der Waals surface area contributed by atoms with E-state index in [1.54, 1.807) is 0 Å². The minimum Gasteiger partial charge on any atom is -0.320 e. The first kappa shape index (κ1) is 18.3. The highest BCUT2D eigenvalue weighted by molar-refractivity contribution is 6.00. The summed E-state index contributed by atoms with van der Waals surface area (Å²) in [5.74, 6) is -0.472. The summed E-state index contributed by atoms with van der Waals surface area (Å²) in [7, 11) is 3.78. The molecule has 1 aliphatic heterocycles. The molecular weight excluding hydrogens is 306 g/mol. The number of likely N-dealkylation sites (N-methyl/N-ethyl adjacent to an activating group) is 1. The van der Waals surface area contributed by atoms with Crippen LogP contribution in [0.5, 0.6) is 0 Å². The summed E-state index contributed by atoms with van der Waals surface area (Å²) in [5, 5.41) is 5.51. The summed E-state index contributed by atoms with van der Waals surface area (Å²) in [5.41, 5.74) is 2.76. The molecule has 1 aromatic carbocycles. The minimum atomic E-state index is -0.340. The molecule has 0 radical (unpaired) electrons. The molecule has 0 saturated carbocycles. The summed E-state index contributed by atoms with van der Waals surface area (Å²) in [6, 6.07) is 5.40. The summed E-state index contributed by atoms with van der Waals surface area (Å²) >= 11 is 0. The molecule has 2 N–H and O–H groups in total. The fourth-order valence-corrected chi connectivity index (χ4v) is 3.11. The Bertz CT molecular complexity index is 616. The quantitative estimate of drug-likeness (QED) is 0.420. The lowest BCUT2D eigenvalue weighted by Gasteiger charge is -2.30. The average molecular weight is 331 g/mol. The second-order valence-corrected chi connectivity index (χ2v) is 6.19. The van der Waals surface area contributed by atoms with Gasteiger partial charge in [0.05, 0.1) is 6.04 Å². The summed E-state index contributed by atoms with van der Waals surface area (Å²) < 4.78 is 0. The van der Waals surface area contributed by atoms with Crippen molar-refractivity contribution in [3.63, 3.8) is 0 Å². The SMILES string of the molecule is CNCCCc1cccc(C=O)c1CN(C)C1CCC(=O)NC1=O. The van der Waals surface area contributed by atoms with E-state index in [0.29, 0.717) is 24.9 Å². The third-order valence-corrected chi connectivity index (χ3v) is 4.46. The number of imide groups is 1. The molecule has 0 bridgehead atoms. The van der Waals surface area contributed by atoms with Gasteiger partial charge in [0.15, 0.2) is 0 Å². The van der Waals surface area contributed by atoms with Crippen molar-refractivity contribution in [2.45, 2.75) is 38.3 Å². The maximum atomic E-state index is 12.0. The van der Waals surface area contributed by atoms with E-state index in [1.807, 2.05) is 37.2 Å². The van der Waals surface area contributed by atoms with Gasteiger partial charge in [0.2, 0.25) is 11.8 Å². The summed E-state index contributed by atoms with van der Waals surface area (Å²) in [6.45, 7) is 1.42. The third-order valence-electron chi connectivity index (χ3n) is 4.46. The zero-order valence-corrected chi connectivity index (χ0v) is 14.3. The molecule has 24 heavy (non-hydrogen) atoms. The molecule has 1 aliphatic rings. The molecule has 6 heteroatoms. The third kappa shape index (κ3) is 4.49. The van der Waals surface area contributed by atoms with E-state index in [9.17, 15) is 14.4 Å². The standard InChI is InChI=1S/C18H25N3O3/c1-19-10-4-7-13-5-3-6-14(12-22)15(13)11-21(2)16-8-9-17(23)20-18(16)24/h3,5-6,12,16,19H,4,7-11H2,1-2H3,(H,20,23,24). The normalized spacial score (nSPS) is 17.9. The molecule has 1 aromatic rings. The second kappa shape index (κ2) is 8.70. The van der Waals surface area contributed by atoms with Crippen LogP contribution in [0.3, 0.4) is 0 Å². The van der Waals surface area contributed by atoms with Crippen LogP contribution in [0, 0.1) is 0 Å². The van der Waals surface area contributed by atoms with Crippen molar-refractivity contribution in [1.82, 2.24) is 15.5 Å². The highest BCUT2D eigenvalue weighted by atomic mass is 16.2. The number of nitrogens with zero attached hydrogens (tertiary/aromatic N) is 1. The Morgan fingerprint density at radius 2 is 2.17 bits per heavy atom. The van der Waals surface area contributed by atoms with E-state index in [2.05, 4.69) is 10.6 Å². The first-order valence-electron chi connectivity index (χ1n) is 8.31. The lowest BCUT2D eigenvalue weighted by atomic mass is 9.96. The van der Waals surface area contributed by atoms with Crippen LogP contribution in [0.4, 0.5) is 0 Å². The summed E-state index contributed by atoms with van der Waals surface area (Å²) in [4.78, 5) is 36.7. The highest BCUT2D eigenvalue weighted by Gasteiger charge is 2.30. The Balaban J connectivity index is 2.15. The van der Waals surface area contributed by atoms with Gasteiger partial charge in [-0.3, -0.25) is 24.6 Å². The van der Waals surface area contributed by atoms with Crippen molar-refractivity contribution >= 4 is 18.1 Å². The largest absolute Gasteiger partial charge is 0.320 e. The number of hydrogen-bond acceptors (Lipinski definition) is 5. The van der Waals surface area contributed by atoms with Crippen LogP contribution in [0.2, 0.25) is 0 Å². The molecule has 2 amide bonds. The van der Waals surface area contributed by atoms with Gasteiger partial charge >= 0.3 is 0 Å². The molecule has 6 nitrogen and oxygen atoms in total. The van der Waals surface area contributed by atoms with E-state index in [1.165, 1.54) is 0 Å². The van der Waals surface area contributed by atoms with E-state index in [-0.39, 0.29) is 17.9 Å². The number of piperidine rings is 1. The van der Waals surface area contributed by atoms with Crippen LogP contribution in [-0.4, -0.2) is 49.7 Å². The fourth-order valence-electron chi connectivity index (χ4n) is 3.11. The van der Waals surface area contributed by atoms with Crippen molar-refractivity contribution in [1.29, 1.82) is 0 Å². The predicted octanol–water partition coefficient (Wildman–Crippen LogP) is 0.888. The number of nitrogens with one attached hydrogen (secondary N) is 2. The molecule has 1 fully saturated rings. The first-order chi connectivity index (χ1) is 11.6. The Labute approximate surface area is 142 Å². The molecule has 0 spiro atoms. The Hall–Kier alpha value is -2.05. The highest BCUT2D eigenvalue weighted by Crippen LogP contribution is 2.20. The van der Waals surface area contributed by atoms with Gasteiger partial charge in [0.1, 0.15) is 6.29 Å².